The van der Waals surface area contributed by atoms with Crippen LogP contribution in [-0.2, 0) is 14.3 Å². The number of nitrogens with one attached hydrogen (secondary N) is 1. The predicted octanol–water partition coefficient (Wildman–Crippen LogP) is 0.897. The van der Waals surface area contributed by atoms with Gasteiger partial charge in [-0.25, -0.2) is 0 Å². The molecule has 0 radical (unpaired) electrons. The van der Waals surface area contributed by atoms with E-state index in [1.54, 1.807) is 0 Å². The predicted molar refractivity (Wildman–Crippen MR) is 54.0 cm³/mol. The summed E-state index contributed by atoms with van der Waals surface area (Å²) in [7, 11) is 1.47. The molecule has 0 spiro atoms. The highest BCUT2D eigenvalue weighted by molar-refractivity contribution is 5.85. The molecule has 0 unspecified atom stereocenters. The second-order valence-electron chi connectivity index (χ2n) is 4.27. The molecule has 0 bridgehead atoms. The third kappa shape index (κ3) is 7.73. The third-order valence-electron chi connectivity index (χ3n) is 1.45. The number of ketones is 1. The minimum absolute atomic E-state index is 0.0449. The highest BCUT2D eigenvalue weighted by Crippen LogP contribution is 2.00. The summed E-state index contributed by atoms with van der Waals surface area (Å²) in [5.74, 6) is -0.140. The van der Waals surface area contributed by atoms with Gasteiger partial charge in [0.1, 0.15) is 6.61 Å². The fourth-order valence-corrected chi connectivity index (χ4v) is 0.967. The standard InChI is InChI=1S/C10H19NO3/c1-10(2,3)11-9(13)6-5-8(12)7-14-4/h5-7H2,1-4H3,(H,11,13). The molecule has 4 nitrogen and oxygen atoms in total. The zero-order valence-electron chi connectivity index (χ0n) is 9.35. The van der Waals surface area contributed by atoms with Gasteiger partial charge in [-0.3, -0.25) is 9.59 Å². The lowest BCUT2D eigenvalue weighted by Crippen LogP contribution is -2.40. The van der Waals surface area contributed by atoms with E-state index >= 15 is 0 Å². The van der Waals surface area contributed by atoms with Crippen LogP contribution in [0.25, 0.3) is 0 Å². The summed E-state index contributed by atoms with van der Waals surface area (Å²) in [6.07, 6.45) is 0.481. The van der Waals surface area contributed by atoms with Crippen LogP contribution in [0.3, 0.4) is 0 Å². The van der Waals surface area contributed by atoms with Gasteiger partial charge in [0.05, 0.1) is 0 Å². The molecular formula is C10H19NO3. The summed E-state index contributed by atoms with van der Waals surface area (Å²) in [4.78, 5) is 22.3. The van der Waals surface area contributed by atoms with Crippen LogP contribution in [0, 0.1) is 0 Å². The van der Waals surface area contributed by atoms with Gasteiger partial charge in [0.15, 0.2) is 5.78 Å². The van der Waals surface area contributed by atoms with Gasteiger partial charge in [-0.1, -0.05) is 0 Å². The van der Waals surface area contributed by atoms with Crippen molar-refractivity contribution >= 4 is 11.7 Å². The van der Waals surface area contributed by atoms with Gasteiger partial charge in [-0.2, -0.15) is 0 Å². The third-order valence-corrected chi connectivity index (χ3v) is 1.45. The summed E-state index contributed by atoms with van der Waals surface area (Å²) in [5, 5.41) is 2.78. The lowest BCUT2D eigenvalue weighted by molar-refractivity contribution is -0.127. The molecule has 0 aliphatic heterocycles. The zero-order valence-corrected chi connectivity index (χ0v) is 9.35. The fraction of sp³-hybridized carbons (Fsp3) is 0.800. The van der Waals surface area contributed by atoms with E-state index in [1.807, 2.05) is 20.8 Å². The van der Waals surface area contributed by atoms with Crippen molar-refractivity contribution in [1.29, 1.82) is 0 Å². The van der Waals surface area contributed by atoms with Crippen LogP contribution in [0.1, 0.15) is 33.6 Å². The van der Waals surface area contributed by atoms with Crippen molar-refractivity contribution < 1.29 is 14.3 Å². The lowest BCUT2D eigenvalue weighted by Gasteiger charge is -2.20. The van der Waals surface area contributed by atoms with E-state index in [-0.39, 0.29) is 36.7 Å². The normalized spacial score (nSPS) is 11.1. The number of hydrogen-bond donors (Lipinski definition) is 1. The van der Waals surface area contributed by atoms with Crippen LogP contribution in [0.15, 0.2) is 0 Å². The first-order valence-corrected chi connectivity index (χ1v) is 4.67. The van der Waals surface area contributed by atoms with Gasteiger partial charge in [0.25, 0.3) is 0 Å². The van der Waals surface area contributed by atoms with Crippen molar-refractivity contribution in [3.63, 3.8) is 0 Å². The van der Waals surface area contributed by atoms with E-state index in [0.29, 0.717) is 0 Å². The topological polar surface area (TPSA) is 55.4 Å². The Bertz CT molecular complexity index is 206. The molecule has 0 rings (SSSR count). The number of rotatable bonds is 5. The van der Waals surface area contributed by atoms with Crippen molar-refractivity contribution in [2.75, 3.05) is 13.7 Å². The van der Waals surface area contributed by atoms with Crippen molar-refractivity contribution in [2.45, 2.75) is 39.2 Å². The largest absolute Gasteiger partial charge is 0.377 e. The van der Waals surface area contributed by atoms with Crippen molar-refractivity contribution in [2.24, 2.45) is 0 Å². The monoisotopic (exact) mass is 201 g/mol. The molecule has 4 heteroatoms. The number of Topliss-reactive ketones (excluding diaryl/α,β-unsaturated/α-hetero) is 1. The molecule has 0 atom stereocenters. The maximum atomic E-state index is 11.3. The molecule has 82 valence electrons. The quantitative estimate of drug-likeness (QED) is 0.719. The molecule has 14 heavy (non-hydrogen) atoms. The van der Waals surface area contributed by atoms with Crippen LogP contribution in [0.2, 0.25) is 0 Å². The second kappa shape index (κ2) is 5.75. The van der Waals surface area contributed by atoms with E-state index in [2.05, 4.69) is 10.1 Å². The summed E-state index contributed by atoms with van der Waals surface area (Å²) in [6.45, 7) is 5.80. The van der Waals surface area contributed by atoms with E-state index in [4.69, 9.17) is 0 Å². The molecule has 0 saturated heterocycles. The average Bonchev–Trinajstić information content (AvgIpc) is 1.98. The van der Waals surface area contributed by atoms with Crippen LogP contribution in [-0.4, -0.2) is 30.9 Å². The molecule has 0 aliphatic carbocycles. The molecule has 0 aliphatic rings. The molecule has 0 aromatic carbocycles. The summed E-state index contributed by atoms with van der Waals surface area (Å²) in [6, 6.07) is 0. The van der Waals surface area contributed by atoms with Crippen LogP contribution in [0.4, 0.5) is 0 Å². The first-order valence-electron chi connectivity index (χ1n) is 4.67. The van der Waals surface area contributed by atoms with E-state index in [0.717, 1.165) is 0 Å². The fourth-order valence-electron chi connectivity index (χ4n) is 0.967. The number of methoxy groups -OCH3 is 1. The molecule has 0 heterocycles. The highest BCUT2D eigenvalue weighted by Gasteiger charge is 2.14. The smallest absolute Gasteiger partial charge is 0.220 e. The molecule has 0 saturated carbocycles. The SMILES string of the molecule is COCC(=O)CCC(=O)NC(C)(C)C. The maximum absolute atomic E-state index is 11.3. The Kier molecular flexibility index (Phi) is 5.38. The Labute approximate surface area is 85.0 Å². The molecule has 1 N–H and O–H groups in total. The lowest BCUT2D eigenvalue weighted by atomic mass is 10.1. The number of hydrogen-bond acceptors (Lipinski definition) is 3. The highest BCUT2D eigenvalue weighted by atomic mass is 16.5. The summed E-state index contributed by atoms with van der Waals surface area (Å²) >= 11 is 0. The van der Waals surface area contributed by atoms with Gasteiger partial charge in [-0.05, 0) is 20.8 Å². The molecule has 0 aromatic heterocycles. The molecular weight excluding hydrogens is 182 g/mol. The summed E-state index contributed by atoms with van der Waals surface area (Å²) < 4.78 is 4.66. The Balaban J connectivity index is 3.70. The van der Waals surface area contributed by atoms with E-state index in [1.165, 1.54) is 7.11 Å². The number of amides is 1. The first kappa shape index (κ1) is 13.1. The Morgan fingerprint density at radius 3 is 2.21 bits per heavy atom. The minimum atomic E-state index is -0.235. The van der Waals surface area contributed by atoms with E-state index in [9.17, 15) is 9.59 Å². The van der Waals surface area contributed by atoms with Crippen LogP contribution >= 0.6 is 0 Å². The number of carbonyl (C=O) groups is 2. The van der Waals surface area contributed by atoms with Crippen molar-refractivity contribution in [3.8, 4) is 0 Å². The summed E-state index contributed by atoms with van der Waals surface area (Å²) in [5.41, 5.74) is -0.235. The first-order chi connectivity index (χ1) is 6.35. The van der Waals surface area contributed by atoms with Crippen LogP contribution in [0.5, 0.6) is 0 Å². The van der Waals surface area contributed by atoms with Gasteiger partial charge >= 0.3 is 0 Å². The number of ether oxygens (including phenoxy) is 1. The average molecular weight is 201 g/mol. The Morgan fingerprint density at radius 1 is 1.21 bits per heavy atom. The van der Waals surface area contributed by atoms with Gasteiger partial charge in [0, 0.05) is 25.5 Å². The van der Waals surface area contributed by atoms with Crippen LogP contribution < -0.4 is 5.32 Å². The minimum Gasteiger partial charge on any atom is -0.377 e. The zero-order chi connectivity index (χ0) is 11.2. The van der Waals surface area contributed by atoms with Gasteiger partial charge < -0.3 is 10.1 Å². The van der Waals surface area contributed by atoms with Gasteiger partial charge in [-0.15, -0.1) is 0 Å². The van der Waals surface area contributed by atoms with Crippen molar-refractivity contribution in [1.82, 2.24) is 5.32 Å². The molecule has 1 amide bonds. The number of carbonyl (C=O) groups excluding carboxylic acids is 2. The second-order valence-corrected chi connectivity index (χ2v) is 4.27. The van der Waals surface area contributed by atoms with E-state index < -0.39 is 0 Å². The maximum Gasteiger partial charge on any atom is 0.220 e. The Morgan fingerprint density at radius 2 is 1.79 bits per heavy atom. The molecule has 0 aromatic rings. The van der Waals surface area contributed by atoms with Gasteiger partial charge in [0.2, 0.25) is 5.91 Å². The van der Waals surface area contributed by atoms with Crippen molar-refractivity contribution in [3.05, 3.63) is 0 Å². The Hall–Kier alpha value is -0.900. The molecule has 0 fully saturated rings.